The Morgan fingerprint density at radius 1 is 0.512 bits per heavy atom. The summed E-state index contributed by atoms with van der Waals surface area (Å²) in [5, 5.41) is 3.93. The normalized spacial score (nSPS) is 12.5. The predicted octanol–water partition coefficient (Wildman–Crippen LogP) is 8.94. The summed E-state index contributed by atoms with van der Waals surface area (Å²) < 4.78 is 10.7. The van der Waals surface area contributed by atoms with Crippen molar-refractivity contribution >= 4 is 56.2 Å². The number of ketones is 2. The summed E-state index contributed by atoms with van der Waals surface area (Å²) in [6.45, 7) is 0. The first-order chi connectivity index (χ1) is 21.0. The second-order valence-electron chi connectivity index (χ2n) is 10.5. The van der Waals surface area contributed by atoms with Gasteiger partial charge in [-0.2, -0.15) is 0 Å². The van der Waals surface area contributed by atoms with Crippen LogP contribution in [0.2, 0.25) is 0 Å². The van der Waals surface area contributed by atoms with Gasteiger partial charge in [0.05, 0.1) is 19.8 Å². The molecule has 43 heavy (non-hydrogen) atoms. The maximum absolute atomic E-state index is 13.3. The molecule has 0 radical (unpaired) electrons. The Morgan fingerprint density at radius 3 is 1.51 bits per heavy atom. The molecule has 0 unspecified atom stereocenters. The second kappa shape index (κ2) is 10.6. The molecule has 0 saturated heterocycles. The molecule has 0 saturated carbocycles. The van der Waals surface area contributed by atoms with E-state index in [4.69, 9.17) is 9.47 Å². The highest BCUT2D eigenvalue weighted by Gasteiger charge is 2.33. The van der Waals surface area contributed by atoms with Gasteiger partial charge in [0.1, 0.15) is 11.5 Å². The number of carbonyl (C=O) groups is 2. The summed E-state index contributed by atoms with van der Waals surface area (Å²) in [5.74, 6) is 1.12. The van der Waals surface area contributed by atoms with Crippen molar-refractivity contribution in [3.63, 3.8) is 0 Å². The van der Waals surface area contributed by atoms with E-state index in [2.05, 4.69) is 23.1 Å². The van der Waals surface area contributed by atoms with Crippen LogP contribution < -0.4 is 14.4 Å². The Labute approximate surface area is 249 Å². The quantitative estimate of drug-likeness (QED) is 0.150. The molecule has 208 valence electrons. The van der Waals surface area contributed by atoms with Gasteiger partial charge in [-0.3, -0.25) is 9.59 Å². The number of rotatable bonds is 6. The number of ether oxygens (including phenoxy) is 2. The van der Waals surface area contributed by atoms with E-state index in [-0.39, 0.29) is 17.1 Å². The SMILES string of the molecule is COc1ccc(N(c2ccc(OC)cc2)c2ccc3cc(C=C4C(=O)c5cc6ccccc6cc5C4=O)ccc3c2)cc1. The lowest BCUT2D eigenvalue weighted by Crippen LogP contribution is -2.09. The van der Waals surface area contributed by atoms with E-state index >= 15 is 0 Å². The number of hydrogen-bond acceptors (Lipinski definition) is 5. The molecule has 0 heterocycles. The van der Waals surface area contributed by atoms with Gasteiger partial charge in [-0.25, -0.2) is 0 Å². The molecular weight excluding hydrogens is 534 g/mol. The first kappa shape index (κ1) is 26.2. The fourth-order valence-electron chi connectivity index (χ4n) is 5.70. The molecule has 0 atom stereocenters. The maximum Gasteiger partial charge on any atom is 0.197 e. The monoisotopic (exact) mass is 561 g/mol. The highest BCUT2D eigenvalue weighted by atomic mass is 16.5. The summed E-state index contributed by atoms with van der Waals surface area (Å²) in [6.07, 6.45) is 1.71. The molecule has 0 spiro atoms. The number of nitrogens with zero attached hydrogens (tertiary/aromatic N) is 1. The van der Waals surface area contributed by atoms with Crippen molar-refractivity contribution < 1.29 is 19.1 Å². The number of carbonyl (C=O) groups excluding carboxylic acids is 2. The molecule has 5 heteroatoms. The minimum atomic E-state index is -0.226. The molecule has 1 aliphatic carbocycles. The Balaban J connectivity index is 1.25. The molecule has 0 aliphatic heterocycles. The van der Waals surface area contributed by atoms with Crippen LogP contribution in [-0.4, -0.2) is 25.8 Å². The third-order valence-electron chi connectivity index (χ3n) is 7.94. The minimum absolute atomic E-state index is 0.200. The van der Waals surface area contributed by atoms with Gasteiger partial charge < -0.3 is 14.4 Å². The van der Waals surface area contributed by atoms with Crippen LogP contribution in [0.1, 0.15) is 26.3 Å². The lowest BCUT2D eigenvalue weighted by molar-refractivity contribution is 0.0990. The van der Waals surface area contributed by atoms with Crippen molar-refractivity contribution in [3.05, 3.63) is 144 Å². The third kappa shape index (κ3) is 4.71. The second-order valence-corrected chi connectivity index (χ2v) is 10.5. The first-order valence-corrected chi connectivity index (χ1v) is 14.0. The number of Topliss-reactive ketones (excluding diaryl/α,β-unsaturated/α-hetero) is 2. The van der Waals surface area contributed by atoms with Crippen LogP contribution in [0.3, 0.4) is 0 Å². The topological polar surface area (TPSA) is 55.8 Å². The molecule has 0 N–H and O–H groups in total. The maximum atomic E-state index is 13.3. The van der Waals surface area contributed by atoms with Crippen LogP contribution in [0.25, 0.3) is 27.6 Å². The van der Waals surface area contributed by atoms with Crippen molar-refractivity contribution in [2.45, 2.75) is 0 Å². The van der Waals surface area contributed by atoms with Crippen LogP contribution in [0.4, 0.5) is 17.1 Å². The van der Waals surface area contributed by atoms with E-state index in [9.17, 15) is 9.59 Å². The molecular formula is C38H27NO4. The van der Waals surface area contributed by atoms with Crippen molar-refractivity contribution in [1.82, 2.24) is 0 Å². The number of fused-ring (bicyclic) bond motifs is 3. The molecule has 0 bridgehead atoms. The van der Waals surface area contributed by atoms with E-state index in [1.807, 2.05) is 103 Å². The summed E-state index contributed by atoms with van der Waals surface area (Å²) in [6, 6.07) is 39.6. The zero-order chi connectivity index (χ0) is 29.5. The summed E-state index contributed by atoms with van der Waals surface area (Å²) in [5.41, 5.74) is 4.89. The number of methoxy groups -OCH3 is 2. The highest BCUT2D eigenvalue weighted by Crippen LogP contribution is 2.38. The third-order valence-corrected chi connectivity index (χ3v) is 7.94. The fourth-order valence-corrected chi connectivity index (χ4v) is 5.70. The van der Waals surface area contributed by atoms with Crippen molar-refractivity contribution in [2.75, 3.05) is 19.1 Å². The lowest BCUT2D eigenvalue weighted by atomic mass is 10.0. The average molecular weight is 562 g/mol. The molecule has 6 aromatic rings. The molecule has 5 nitrogen and oxygen atoms in total. The number of anilines is 3. The van der Waals surface area contributed by atoms with Gasteiger partial charge in [0.15, 0.2) is 11.6 Å². The van der Waals surface area contributed by atoms with E-state index in [1.54, 1.807) is 20.3 Å². The number of hydrogen-bond donors (Lipinski definition) is 0. The summed E-state index contributed by atoms with van der Waals surface area (Å²) in [4.78, 5) is 28.7. The Kier molecular flexibility index (Phi) is 6.48. The van der Waals surface area contributed by atoms with Crippen LogP contribution in [0.15, 0.2) is 127 Å². The molecule has 7 rings (SSSR count). The summed E-state index contributed by atoms with van der Waals surface area (Å²) in [7, 11) is 3.31. The largest absolute Gasteiger partial charge is 0.497 e. The Morgan fingerprint density at radius 2 is 0.977 bits per heavy atom. The lowest BCUT2D eigenvalue weighted by Gasteiger charge is -2.26. The van der Waals surface area contributed by atoms with Gasteiger partial charge in [0.2, 0.25) is 0 Å². The fraction of sp³-hybridized carbons (Fsp3) is 0.0526. The van der Waals surface area contributed by atoms with Crippen molar-refractivity contribution in [3.8, 4) is 11.5 Å². The average Bonchev–Trinajstić information content (AvgIpc) is 3.28. The van der Waals surface area contributed by atoms with Crippen LogP contribution in [-0.2, 0) is 0 Å². The number of benzene rings is 6. The zero-order valence-electron chi connectivity index (χ0n) is 23.7. The predicted molar refractivity (Wildman–Crippen MR) is 172 cm³/mol. The minimum Gasteiger partial charge on any atom is -0.497 e. The van der Waals surface area contributed by atoms with Crippen LogP contribution in [0.5, 0.6) is 11.5 Å². The van der Waals surface area contributed by atoms with E-state index in [1.165, 1.54) is 0 Å². The van der Waals surface area contributed by atoms with Crippen LogP contribution >= 0.6 is 0 Å². The van der Waals surface area contributed by atoms with E-state index in [0.717, 1.165) is 55.7 Å². The molecule has 6 aromatic carbocycles. The number of allylic oxidation sites excluding steroid dienone is 1. The Hall–Kier alpha value is -5.68. The first-order valence-electron chi connectivity index (χ1n) is 14.0. The Bertz CT molecular complexity index is 1970. The molecule has 0 amide bonds. The van der Waals surface area contributed by atoms with Crippen molar-refractivity contribution in [2.24, 2.45) is 0 Å². The van der Waals surface area contributed by atoms with Crippen molar-refractivity contribution in [1.29, 1.82) is 0 Å². The van der Waals surface area contributed by atoms with Gasteiger partial charge in [0, 0.05) is 28.2 Å². The smallest absolute Gasteiger partial charge is 0.197 e. The standard InChI is InChI=1S/C38H27NO4/c1-42-32-15-11-29(12-16-32)39(30-13-17-33(43-2)18-14-30)31-10-9-27-19-24(7-8-28(27)21-31)20-36-37(40)34-22-25-5-3-4-6-26(25)23-35(34)38(36)41/h3-23H,1-2H3. The van der Waals surface area contributed by atoms with Gasteiger partial charge in [-0.05, 0) is 112 Å². The van der Waals surface area contributed by atoms with Gasteiger partial charge in [-0.15, -0.1) is 0 Å². The molecule has 1 aliphatic rings. The zero-order valence-corrected chi connectivity index (χ0v) is 23.7. The van der Waals surface area contributed by atoms with E-state index in [0.29, 0.717) is 11.1 Å². The van der Waals surface area contributed by atoms with Gasteiger partial charge >= 0.3 is 0 Å². The summed E-state index contributed by atoms with van der Waals surface area (Å²) >= 11 is 0. The molecule has 0 fully saturated rings. The van der Waals surface area contributed by atoms with Gasteiger partial charge in [0.25, 0.3) is 0 Å². The van der Waals surface area contributed by atoms with Crippen LogP contribution in [0, 0.1) is 0 Å². The van der Waals surface area contributed by atoms with Gasteiger partial charge in [-0.1, -0.05) is 42.5 Å². The highest BCUT2D eigenvalue weighted by molar-refractivity contribution is 6.42. The van der Waals surface area contributed by atoms with E-state index < -0.39 is 0 Å². The molecule has 0 aromatic heterocycles.